The number of carbonyl (C=O) groups is 2. The molecule has 0 aliphatic carbocycles. The zero-order valence-corrected chi connectivity index (χ0v) is 13.4. The molecule has 2 aromatic carbocycles. The van der Waals surface area contributed by atoms with Crippen LogP contribution in [0.25, 0.3) is 22.0 Å². The number of benzene rings is 2. The van der Waals surface area contributed by atoms with Gasteiger partial charge < -0.3 is 10.1 Å². The molecule has 122 valence electrons. The molecule has 2 N–H and O–H groups in total. The lowest BCUT2D eigenvalue weighted by Gasteiger charge is -2.04. The molecule has 0 fully saturated rings. The smallest absolute Gasteiger partial charge is 0.303 e. The van der Waals surface area contributed by atoms with Gasteiger partial charge in [0.05, 0.1) is 5.52 Å². The zero-order valence-electron chi connectivity index (χ0n) is 13.4. The van der Waals surface area contributed by atoms with Crippen LogP contribution < -0.4 is 5.32 Å². The quantitative estimate of drug-likeness (QED) is 0.723. The number of anilines is 1. The summed E-state index contributed by atoms with van der Waals surface area (Å²) in [5.74, 6) is -0.515. The molecule has 1 aromatic heterocycles. The topological polar surface area (TPSA) is 84.1 Å². The second-order valence-electron chi connectivity index (χ2n) is 5.53. The van der Waals surface area contributed by atoms with Crippen LogP contribution in [-0.4, -0.2) is 28.7 Å². The molecular weight excluding hydrogens is 306 g/mol. The molecule has 1 amide bonds. The summed E-state index contributed by atoms with van der Waals surface area (Å²) in [5, 5.41) is 10.5. The number of aromatic nitrogens is 2. The molecule has 3 rings (SSSR count). The number of nitrogens with one attached hydrogen (secondary N) is 2. The number of amides is 1. The van der Waals surface area contributed by atoms with E-state index in [1.54, 1.807) is 0 Å². The maximum Gasteiger partial charge on any atom is 0.303 e. The number of hydrogen-bond acceptors (Lipinski definition) is 4. The van der Waals surface area contributed by atoms with Crippen LogP contribution in [-0.2, 0) is 14.3 Å². The number of nitrogens with zero attached hydrogens (tertiary/aromatic N) is 1. The molecule has 24 heavy (non-hydrogen) atoms. The minimum atomic E-state index is -0.500. The van der Waals surface area contributed by atoms with Gasteiger partial charge in [-0.1, -0.05) is 35.9 Å². The Morgan fingerprint density at radius 1 is 1.17 bits per heavy atom. The van der Waals surface area contributed by atoms with Crippen LogP contribution in [0.5, 0.6) is 0 Å². The first-order valence-corrected chi connectivity index (χ1v) is 7.51. The fraction of sp³-hybridized carbons (Fsp3) is 0.167. The van der Waals surface area contributed by atoms with Gasteiger partial charge in [0.2, 0.25) is 0 Å². The monoisotopic (exact) mass is 323 g/mol. The van der Waals surface area contributed by atoms with Gasteiger partial charge in [-0.25, -0.2) is 0 Å². The minimum absolute atomic E-state index is 0.328. The van der Waals surface area contributed by atoms with Crippen LogP contribution in [0.4, 0.5) is 5.82 Å². The molecule has 3 aromatic rings. The molecule has 0 saturated carbocycles. The third kappa shape index (κ3) is 3.43. The second-order valence-corrected chi connectivity index (χ2v) is 5.53. The van der Waals surface area contributed by atoms with E-state index in [4.69, 9.17) is 0 Å². The summed E-state index contributed by atoms with van der Waals surface area (Å²) < 4.78 is 4.66. The Kier molecular flexibility index (Phi) is 4.29. The Balaban J connectivity index is 1.83. The van der Waals surface area contributed by atoms with E-state index in [1.807, 2.05) is 30.3 Å². The lowest BCUT2D eigenvalue weighted by atomic mass is 10.0. The normalized spacial score (nSPS) is 10.6. The summed E-state index contributed by atoms with van der Waals surface area (Å²) in [7, 11) is 0. The highest BCUT2D eigenvalue weighted by atomic mass is 16.5. The molecule has 0 bridgehead atoms. The largest absolute Gasteiger partial charge is 0.456 e. The van der Waals surface area contributed by atoms with Crippen molar-refractivity contribution in [2.45, 2.75) is 13.8 Å². The molecule has 0 radical (unpaired) electrons. The number of H-pyrrole nitrogens is 1. The molecule has 0 saturated heterocycles. The predicted molar refractivity (Wildman–Crippen MR) is 91.5 cm³/mol. The maximum absolute atomic E-state index is 11.7. The number of rotatable bonds is 4. The average molecular weight is 323 g/mol. The van der Waals surface area contributed by atoms with Gasteiger partial charge in [0.1, 0.15) is 0 Å². The summed E-state index contributed by atoms with van der Waals surface area (Å²) in [5.41, 5.74) is 4.19. The zero-order chi connectivity index (χ0) is 17.1. The van der Waals surface area contributed by atoms with Gasteiger partial charge in [-0.05, 0) is 30.2 Å². The van der Waals surface area contributed by atoms with Crippen molar-refractivity contribution in [3.8, 4) is 11.1 Å². The molecule has 0 spiro atoms. The Morgan fingerprint density at radius 2 is 1.96 bits per heavy atom. The number of aromatic amines is 1. The molecule has 6 nitrogen and oxygen atoms in total. The van der Waals surface area contributed by atoms with E-state index in [2.05, 4.69) is 39.3 Å². The summed E-state index contributed by atoms with van der Waals surface area (Å²) in [6.45, 7) is 2.98. The molecule has 0 atom stereocenters. The number of esters is 1. The van der Waals surface area contributed by atoms with Gasteiger partial charge in [0.15, 0.2) is 12.4 Å². The highest BCUT2D eigenvalue weighted by Gasteiger charge is 2.11. The number of ether oxygens (including phenoxy) is 1. The highest BCUT2D eigenvalue weighted by molar-refractivity contribution is 6.01. The van der Waals surface area contributed by atoms with E-state index in [0.717, 1.165) is 22.0 Å². The second kappa shape index (κ2) is 6.54. The summed E-state index contributed by atoms with van der Waals surface area (Å²) in [6, 6.07) is 14.1. The standard InChI is InChI=1S/C18H17N3O3/c1-11-4-3-5-13(8-11)14-6-7-15-16(9-14)20-21-18(15)19-17(23)10-24-12(2)22/h3-9H,10H2,1-2H3,(H2,19,20,21,23). The van der Waals surface area contributed by atoms with Crippen LogP contribution in [0.2, 0.25) is 0 Å². The van der Waals surface area contributed by atoms with Crippen molar-refractivity contribution in [1.82, 2.24) is 10.2 Å². The summed E-state index contributed by atoms with van der Waals surface area (Å²) in [4.78, 5) is 22.5. The lowest BCUT2D eigenvalue weighted by molar-refractivity contribution is -0.144. The van der Waals surface area contributed by atoms with Crippen molar-refractivity contribution < 1.29 is 14.3 Å². The Morgan fingerprint density at radius 3 is 2.71 bits per heavy atom. The number of aryl methyl sites for hydroxylation is 1. The van der Waals surface area contributed by atoms with Crippen molar-refractivity contribution in [2.75, 3.05) is 11.9 Å². The number of hydrogen-bond donors (Lipinski definition) is 2. The van der Waals surface area contributed by atoms with Gasteiger partial charge in [-0.3, -0.25) is 14.7 Å². The molecule has 1 heterocycles. The van der Waals surface area contributed by atoms with Gasteiger partial charge >= 0.3 is 5.97 Å². The average Bonchev–Trinajstić information content (AvgIpc) is 2.95. The molecule has 0 unspecified atom stereocenters. The molecule has 0 aliphatic rings. The third-order valence-electron chi connectivity index (χ3n) is 3.58. The van der Waals surface area contributed by atoms with Crippen LogP contribution in [0.1, 0.15) is 12.5 Å². The lowest BCUT2D eigenvalue weighted by Crippen LogP contribution is -2.20. The van der Waals surface area contributed by atoms with Crippen molar-refractivity contribution in [1.29, 1.82) is 0 Å². The van der Waals surface area contributed by atoms with Gasteiger partial charge in [-0.2, -0.15) is 5.10 Å². The van der Waals surface area contributed by atoms with Crippen molar-refractivity contribution in [3.05, 3.63) is 48.0 Å². The fourth-order valence-electron chi connectivity index (χ4n) is 2.45. The Hall–Kier alpha value is -3.15. The van der Waals surface area contributed by atoms with Crippen molar-refractivity contribution in [3.63, 3.8) is 0 Å². The maximum atomic E-state index is 11.7. The first-order chi connectivity index (χ1) is 11.5. The van der Waals surface area contributed by atoms with Crippen LogP contribution >= 0.6 is 0 Å². The Bertz CT molecular complexity index is 915. The first kappa shape index (κ1) is 15.7. The summed E-state index contributed by atoms with van der Waals surface area (Å²) >= 11 is 0. The van der Waals surface area contributed by atoms with E-state index < -0.39 is 11.9 Å². The van der Waals surface area contributed by atoms with Gasteiger partial charge in [0, 0.05) is 12.3 Å². The Labute approximate surface area is 138 Å². The van der Waals surface area contributed by atoms with Crippen LogP contribution in [0, 0.1) is 6.92 Å². The SMILES string of the molecule is CC(=O)OCC(=O)Nc1n[nH]c2cc(-c3cccc(C)c3)ccc12. The first-order valence-electron chi connectivity index (χ1n) is 7.51. The molecule has 6 heteroatoms. The van der Waals surface area contributed by atoms with Gasteiger partial charge in [-0.15, -0.1) is 0 Å². The number of carbonyl (C=O) groups excluding carboxylic acids is 2. The van der Waals surface area contributed by atoms with E-state index in [1.165, 1.54) is 12.5 Å². The minimum Gasteiger partial charge on any atom is -0.456 e. The van der Waals surface area contributed by atoms with Gasteiger partial charge in [0.25, 0.3) is 5.91 Å². The summed E-state index contributed by atoms with van der Waals surface area (Å²) in [6.07, 6.45) is 0. The molecular formula is C18H17N3O3. The highest BCUT2D eigenvalue weighted by Crippen LogP contribution is 2.27. The predicted octanol–water partition coefficient (Wildman–Crippen LogP) is 3.04. The van der Waals surface area contributed by atoms with E-state index in [-0.39, 0.29) is 6.61 Å². The number of fused-ring (bicyclic) bond motifs is 1. The van der Waals surface area contributed by atoms with E-state index in [0.29, 0.717) is 5.82 Å². The fourth-order valence-corrected chi connectivity index (χ4v) is 2.45. The third-order valence-corrected chi connectivity index (χ3v) is 3.58. The van der Waals surface area contributed by atoms with Crippen LogP contribution in [0.3, 0.4) is 0 Å². The van der Waals surface area contributed by atoms with Crippen molar-refractivity contribution >= 4 is 28.6 Å². The van der Waals surface area contributed by atoms with E-state index in [9.17, 15) is 9.59 Å². The van der Waals surface area contributed by atoms with E-state index >= 15 is 0 Å². The van der Waals surface area contributed by atoms with Crippen LogP contribution in [0.15, 0.2) is 42.5 Å². The molecule has 0 aliphatic heterocycles. The van der Waals surface area contributed by atoms with Crippen molar-refractivity contribution in [2.24, 2.45) is 0 Å².